The van der Waals surface area contributed by atoms with Crippen LogP contribution in [0.4, 0.5) is 8.78 Å². The maximum Gasteiger partial charge on any atom is 0.136 e. The number of aromatic nitrogens is 1. The summed E-state index contributed by atoms with van der Waals surface area (Å²) in [6.07, 6.45) is 4.14. The van der Waals surface area contributed by atoms with E-state index in [4.69, 9.17) is 0 Å². The van der Waals surface area contributed by atoms with Crippen LogP contribution in [-0.2, 0) is 6.42 Å². The summed E-state index contributed by atoms with van der Waals surface area (Å²) in [7, 11) is 0. The second-order valence-corrected chi connectivity index (χ2v) is 6.41. The highest BCUT2D eigenvalue weighted by Gasteiger charge is 2.26. The van der Waals surface area contributed by atoms with Gasteiger partial charge in [0.2, 0.25) is 0 Å². The quantitative estimate of drug-likeness (QED) is 0.901. The zero-order valence-corrected chi connectivity index (χ0v) is 12.8. The van der Waals surface area contributed by atoms with Gasteiger partial charge in [-0.15, -0.1) is 11.3 Å². The number of benzene rings is 1. The summed E-state index contributed by atoms with van der Waals surface area (Å²) < 4.78 is 27.8. The zero-order valence-electron chi connectivity index (χ0n) is 12.0. The normalized spacial score (nSPS) is 17.8. The predicted octanol–water partition coefficient (Wildman–Crippen LogP) is 4.47. The van der Waals surface area contributed by atoms with Crippen molar-refractivity contribution in [3.8, 4) is 10.6 Å². The molecule has 0 saturated carbocycles. The molecule has 3 rings (SSSR count). The Morgan fingerprint density at radius 2 is 2.10 bits per heavy atom. The van der Waals surface area contributed by atoms with Crippen LogP contribution < -0.4 is 5.32 Å². The lowest BCUT2D eigenvalue weighted by Crippen LogP contribution is -2.25. The van der Waals surface area contributed by atoms with E-state index in [0.717, 1.165) is 42.8 Å². The molecule has 0 spiro atoms. The van der Waals surface area contributed by atoms with E-state index in [2.05, 4.69) is 17.2 Å². The third-order valence-corrected chi connectivity index (χ3v) is 4.92. The summed E-state index contributed by atoms with van der Waals surface area (Å²) >= 11 is 1.42. The molecule has 1 aliphatic rings. The third-order valence-electron chi connectivity index (χ3n) is 3.77. The second-order valence-electron chi connectivity index (χ2n) is 5.32. The van der Waals surface area contributed by atoms with Crippen LogP contribution in [0, 0.1) is 11.6 Å². The standard InChI is InChI=1S/C16H18F2N2S/c1-2-9-19-12-7-4-8-13-15(12)20-16(21-13)14-10(17)5-3-6-11(14)18/h3,5-6,12,19H,2,4,7-9H2,1H3. The number of fused-ring (bicyclic) bond motifs is 1. The number of nitrogens with zero attached hydrogens (tertiary/aromatic N) is 1. The highest BCUT2D eigenvalue weighted by atomic mass is 32.1. The van der Waals surface area contributed by atoms with Crippen LogP contribution in [0.2, 0.25) is 0 Å². The topological polar surface area (TPSA) is 24.9 Å². The van der Waals surface area contributed by atoms with Gasteiger partial charge in [0, 0.05) is 4.88 Å². The Hall–Kier alpha value is -1.33. The van der Waals surface area contributed by atoms with E-state index in [9.17, 15) is 8.78 Å². The number of nitrogens with one attached hydrogen (secondary N) is 1. The van der Waals surface area contributed by atoms with Gasteiger partial charge in [-0.3, -0.25) is 0 Å². The van der Waals surface area contributed by atoms with E-state index in [1.165, 1.54) is 29.5 Å². The Labute approximate surface area is 127 Å². The molecule has 1 atom stereocenters. The van der Waals surface area contributed by atoms with Gasteiger partial charge < -0.3 is 5.32 Å². The highest BCUT2D eigenvalue weighted by molar-refractivity contribution is 7.15. The van der Waals surface area contributed by atoms with Gasteiger partial charge in [-0.25, -0.2) is 13.8 Å². The molecule has 2 nitrogen and oxygen atoms in total. The van der Waals surface area contributed by atoms with E-state index in [1.807, 2.05) is 0 Å². The molecule has 0 amide bonds. The van der Waals surface area contributed by atoms with Crippen molar-refractivity contribution in [2.45, 2.75) is 38.6 Å². The molecular weight excluding hydrogens is 290 g/mol. The summed E-state index contributed by atoms with van der Waals surface area (Å²) in [6, 6.07) is 4.17. The molecule has 0 bridgehead atoms. The van der Waals surface area contributed by atoms with Gasteiger partial charge >= 0.3 is 0 Å². The Morgan fingerprint density at radius 3 is 2.81 bits per heavy atom. The molecule has 1 aromatic carbocycles. The van der Waals surface area contributed by atoms with Crippen LogP contribution in [0.15, 0.2) is 18.2 Å². The Balaban J connectivity index is 1.98. The highest BCUT2D eigenvalue weighted by Crippen LogP contribution is 2.38. The number of halogens is 2. The maximum atomic E-state index is 13.9. The fraction of sp³-hybridized carbons (Fsp3) is 0.438. The third kappa shape index (κ3) is 2.85. The minimum Gasteiger partial charge on any atom is -0.309 e. The predicted molar refractivity (Wildman–Crippen MR) is 81.4 cm³/mol. The average Bonchev–Trinajstić information content (AvgIpc) is 2.89. The van der Waals surface area contributed by atoms with Crippen LogP contribution in [0.3, 0.4) is 0 Å². The molecular formula is C16H18F2N2S. The van der Waals surface area contributed by atoms with Crippen molar-refractivity contribution in [2.24, 2.45) is 0 Å². The lowest BCUT2D eigenvalue weighted by Gasteiger charge is -2.22. The molecule has 2 aromatic rings. The number of hydrogen-bond acceptors (Lipinski definition) is 3. The Morgan fingerprint density at radius 1 is 1.33 bits per heavy atom. The van der Waals surface area contributed by atoms with Crippen molar-refractivity contribution in [1.82, 2.24) is 10.3 Å². The molecule has 0 fully saturated rings. The Bertz CT molecular complexity index is 619. The van der Waals surface area contributed by atoms with E-state index >= 15 is 0 Å². The van der Waals surface area contributed by atoms with E-state index in [1.54, 1.807) is 0 Å². The van der Waals surface area contributed by atoms with Gasteiger partial charge in [0.1, 0.15) is 16.6 Å². The fourth-order valence-electron chi connectivity index (χ4n) is 2.74. The molecule has 21 heavy (non-hydrogen) atoms. The number of rotatable bonds is 4. The number of aryl methyl sites for hydroxylation is 1. The SMILES string of the molecule is CCCNC1CCCc2sc(-c3c(F)cccc3F)nc21. The van der Waals surface area contributed by atoms with E-state index in [-0.39, 0.29) is 11.6 Å². The zero-order chi connectivity index (χ0) is 14.8. The number of hydrogen-bond donors (Lipinski definition) is 1. The first-order chi connectivity index (χ1) is 10.2. The summed E-state index contributed by atoms with van der Waals surface area (Å²) in [5.74, 6) is -1.08. The molecule has 1 unspecified atom stereocenters. The van der Waals surface area contributed by atoms with Crippen molar-refractivity contribution >= 4 is 11.3 Å². The summed E-state index contributed by atoms with van der Waals surface area (Å²) in [6.45, 7) is 3.06. The molecule has 0 saturated heterocycles. The maximum absolute atomic E-state index is 13.9. The largest absolute Gasteiger partial charge is 0.309 e. The Kier molecular flexibility index (Phi) is 4.31. The van der Waals surface area contributed by atoms with Crippen molar-refractivity contribution in [3.63, 3.8) is 0 Å². The lowest BCUT2D eigenvalue weighted by molar-refractivity contribution is 0.454. The van der Waals surface area contributed by atoms with Crippen LogP contribution in [0.25, 0.3) is 10.6 Å². The van der Waals surface area contributed by atoms with E-state index < -0.39 is 11.6 Å². The fourth-order valence-corrected chi connectivity index (χ4v) is 3.96. The summed E-state index contributed by atoms with van der Waals surface area (Å²) in [4.78, 5) is 5.71. The molecule has 0 radical (unpaired) electrons. The molecule has 1 aliphatic carbocycles. The first-order valence-electron chi connectivity index (χ1n) is 7.38. The van der Waals surface area contributed by atoms with Crippen LogP contribution in [0.5, 0.6) is 0 Å². The summed E-state index contributed by atoms with van der Waals surface area (Å²) in [5, 5.41) is 3.94. The van der Waals surface area contributed by atoms with Gasteiger partial charge in [-0.1, -0.05) is 13.0 Å². The molecule has 112 valence electrons. The van der Waals surface area contributed by atoms with Crippen molar-refractivity contribution in [2.75, 3.05) is 6.54 Å². The first kappa shape index (κ1) is 14.6. The van der Waals surface area contributed by atoms with Gasteiger partial charge in [-0.05, 0) is 44.4 Å². The minimum absolute atomic E-state index is 0.00569. The minimum atomic E-state index is -0.542. The van der Waals surface area contributed by atoms with Gasteiger partial charge in [0.15, 0.2) is 0 Å². The van der Waals surface area contributed by atoms with Crippen molar-refractivity contribution in [1.29, 1.82) is 0 Å². The van der Waals surface area contributed by atoms with Crippen molar-refractivity contribution in [3.05, 3.63) is 40.4 Å². The smallest absolute Gasteiger partial charge is 0.136 e. The van der Waals surface area contributed by atoms with Crippen LogP contribution in [0.1, 0.15) is 42.8 Å². The molecule has 1 aromatic heterocycles. The second kappa shape index (κ2) is 6.20. The van der Waals surface area contributed by atoms with Crippen LogP contribution >= 0.6 is 11.3 Å². The summed E-state index contributed by atoms with van der Waals surface area (Å²) in [5.41, 5.74) is 0.989. The lowest BCUT2D eigenvalue weighted by atomic mass is 9.97. The molecule has 1 N–H and O–H groups in total. The number of thiazole rings is 1. The average molecular weight is 308 g/mol. The molecule has 0 aliphatic heterocycles. The van der Waals surface area contributed by atoms with Gasteiger partial charge in [-0.2, -0.15) is 0 Å². The molecule has 5 heteroatoms. The first-order valence-corrected chi connectivity index (χ1v) is 8.19. The molecule has 1 heterocycles. The monoisotopic (exact) mass is 308 g/mol. The van der Waals surface area contributed by atoms with Gasteiger partial charge in [0.25, 0.3) is 0 Å². The van der Waals surface area contributed by atoms with Crippen molar-refractivity contribution < 1.29 is 8.78 Å². The van der Waals surface area contributed by atoms with E-state index in [0.29, 0.717) is 5.01 Å². The van der Waals surface area contributed by atoms with Crippen LogP contribution in [-0.4, -0.2) is 11.5 Å². The van der Waals surface area contributed by atoms with Gasteiger partial charge in [0.05, 0.1) is 17.3 Å².